The fourth-order valence-electron chi connectivity index (χ4n) is 2.99. The third-order valence-electron chi connectivity index (χ3n) is 4.44. The van der Waals surface area contributed by atoms with Gasteiger partial charge in [-0.15, -0.1) is 0 Å². The van der Waals surface area contributed by atoms with E-state index in [0.29, 0.717) is 24.6 Å². The molecule has 2 heterocycles. The van der Waals surface area contributed by atoms with Crippen LogP contribution in [0.5, 0.6) is 0 Å². The predicted molar refractivity (Wildman–Crippen MR) is 99.1 cm³/mol. The van der Waals surface area contributed by atoms with Crippen LogP contribution in [-0.4, -0.2) is 77.6 Å². The van der Waals surface area contributed by atoms with Gasteiger partial charge in [0.2, 0.25) is 0 Å². The van der Waals surface area contributed by atoms with Gasteiger partial charge in [0.1, 0.15) is 11.5 Å². The van der Waals surface area contributed by atoms with Crippen molar-refractivity contribution >= 4 is 23.6 Å². The molecule has 9 heteroatoms. The van der Waals surface area contributed by atoms with Crippen LogP contribution < -0.4 is 4.90 Å². The number of nitrogens with zero attached hydrogens (tertiary/aromatic N) is 5. The van der Waals surface area contributed by atoms with E-state index >= 15 is 0 Å². The number of aromatic nitrogens is 1. The quantitative estimate of drug-likeness (QED) is 0.574. The van der Waals surface area contributed by atoms with Crippen molar-refractivity contribution < 1.29 is 14.8 Å². The molecule has 1 aromatic heterocycles. The van der Waals surface area contributed by atoms with E-state index in [1.165, 1.54) is 6.07 Å². The topological polar surface area (TPSA) is 103 Å². The molecule has 0 radical (unpaired) electrons. The molecule has 0 saturated carbocycles. The van der Waals surface area contributed by atoms with E-state index in [9.17, 15) is 14.9 Å². The number of hydrogen-bond acceptors (Lipinski definition) is 7. The maximum atomic E-state index is 11.2. The minimum Gasteiger partial charge on any atom is -0.480 e. The summed E-state index contributed by atoms with van der Waals surface area (Å²) < 4.78 is 0. The highest BCUT2D eigenvalue weighted by Crippen LogP contribution is 2.25. The Labute approximate surface area is 152 Å². The van der Waals surface area contributed by atoms with Crippen LogP contribution in [0, 0.1) is 10.1 Å². The van der Waals surface area contributed by atoms with Crippen LogP contribution >= 0.6 is 0 Å². The normalized spacial score (nSPS) is 16.0. The highest BCUT2D eigenvalue weighted by molar-refractivity contribution is 5.69. The summed E-state index contributed by atoms with van der Waals surface area (Å²) in [6, 6.07) is 3.36. The van der Waals surface area contributed by atoms with Gasteiger partial charge in [-0.1, -0.05) is 0 Å². The lowest BCUT2D eigenvalue weighted by molar-refractivity contribution is -0.385. The molecule has 1 aliphatic rings. The van der Waals surface area contributed by atoms with E-state index in [-0.39, 0.29) is 18.3 Å². The van der Waals surface area contributed by atoms with Crippen molar-refractivity contribution in [2.75, 3.05) is 45.7 Å². The lowest BCUT2D eigenvalue weighted by Crippen LogP contribution is -2.45. The molecule has 0 unspecified atom stereocenters. The zero-order valence-electron chi connectivity index (χ0n) is 15.3. The van der Waals surface area contributed by atoms with Gasteiger partial charge in [-0.3, -0.25) is 19.8 Å². The monoisotopic (exact) mass is 363 g/mol. The van der Waals surface area contributed by atoms with Crippen LogP contribution in [0.1, 0.15) is 18.5 Å². The molecular weight excluding hydrogens is 338 g/mol. The number of carboxylic acids is 1. The zero-order valence-corrected chi connectivity index (χ0v) is 15.3. The van der Waals surface area contributed by atoms with Crippen molar-refractivity contribution in [1.82, 2.24) is 14.8 Å². The summed E-state index contributed by atoms with van der Waals surface area (Å²) in [7, 11) is 5.59. The highest BCUT2D eigenvalue weighted by Gasteiger charge is 2.25. The number of carboxylic acid groups (broad SMARTS) is 1. The Morgan fingerprint density at radius 3 is 2.58 bits per heavy atom. The van der Waals surface area contributed by atoms with Gasteiger partial charge in [0.15, 0.2) is 0 Å². The molecule has 26 heavy (non-hydrogen) atoms. The number of aliphatic carboxylic acids is 1. The molecule has 9 nitrogen and oxygen atoms in total. The van der Waals surface area contributed by atoms with Gasteiger partial charge < -0.3 is 14.9 Å². The van der Waals surface area contributed by atoms with E-state index in [0.717, 1.165) is 12.8 Å². The molecule has 1 aliphatic heterocycles. The molecule has 0 bridgehead atoms. The summed E-state index contributed by atoms with van der Waals surface area (Å²) in [6.07, 6.45) is 5.01. The largest absolute Gasteiger partial charge is 0.480 e. The SMILES string of the molecule is CN(C)C=Cc1nc(N(C)C2CCN(CC(=O)O)CC2)ccc1[N+](=O)[O-]. The molecular formula is C17H25N5O4. The molecule has 0 aliphatic carbocycles. The molecule has 1 aromatic rings. The van der Waals surface area contributed by atoms with Gasteiger partial charge in [0, 0.05) is 52.5 Å². The van der Waals surface area contributed by atoms with Gasteiger partial charge in [0.25, 0.3) is 5.69 Å². The number of carbonyl (C=O) groups is 1. The summed E-state index contributed by atoms with van der Waals surface area (Å²) in [6.45, 7) is 1.48. The van der Waals surface area contributed by atoms with E-state index in [4.69, 9.17) is 5.11 Å². The second-order valence-electron chi connectivity index (χ2n) is 6.62. The van der Waals surface area contributed by atoms with Crippen molar-refractivity contribution in [3.63, 3.8) is 0 Å². The second kappa shape index (κ2) is 8.61. The van der Waals surface area contributed by atoms with E-state index in [1.807, 2.05) is 30.9 Å². The van der Waals surface area contributed by atoms with Crippen LogP contribution in [0.25, 0.3) is 6.08 Å². The maximum Gasteiger partial charge on any atom is 0.317 e. The number of anilines is 1. The van der Waals surface area contributed by atoms with Crippen LogP contribution in [-0.2, 0) is 4.79 Å². The van der Waals surface area contributed by atoms with Gasteiger partial charge >= 0.3 is 5.97 Å². The van der Waals surface area contributed by atoms with Gasteiger partial charge in [-0.05, 0) is 25.0 Å². The Balaban J connectivity index is 2.14. The first-order chi connectivity index (χ1) is 12.3. The lowest BCUT2D eigenvalue weighted by Gasteiger charge is -2.36. The summed E-state index contributed by atoms with van der Waals surface area (Å²) in [4.78, 5) is 31.8. The van der Waals surface area contributed by atoms with Gasteiger partial charge in [-0.2, -0.15) is 0 Å². The van der Waals surface area contributed by atoms with Crippen LogP contribution in [0.15, 0.2) is 18.3 Å². The molecule has 2 rings (SSSR count). The van der Waals surface area contributed by atoms with Crippen molar-refractivity contribution in [3.8, 4) is 0 Å². The Kier molecular flexibility index (Phi) is 6.51. The fraction of sp³-hybridized carbons (Fsp3) is 0.529. The van der Waals surface area contributed by atoms with Crippen molar-refractivity contribution in [1.29, 1.82) is 0 Å². The van der Waals surface area contributed by atoms with Crippen molar-refractivity contribution in [3.05, 3.63) is 34.1 Å². The predicted octanol–water partition coefficient (Wildman–Crippen LogP) is 1.51. The molecule has 1 N–H and O–H groups in total. The van der Waals surface area contributed by atoms with E-state index in [2.05, 4.69) is 4.98 Å². The molecule has 0 aromatic carbocycles. The van der Waals surface area contributed by atoms with Gasteiger partial charge in [0.05, 0.1) is 11.5 Å². The second-order valence-corrected chi connectivity index (χ2v) is 6.62. The summed E-state index contributed by atoms with van der Waals surface area (Å²) in [5.74, 6) is -0.142. The fourth-order valence-corrected chi connectivity index (χ4v) is 2.99. The Hall–Kier alpha value is -2.68. The minimum absolute atomic E-state index is 0.0310. The van der Waals surface area contributed by atoms with Crippen LogP contribution in [0.4, 0.5) is 11.5 Å². The number of hydrogen-bond donors (Lipinski definition) is 1. The molecule has 0 amide bonds. The summed E-state index contributed by atoms with van der Waals surface area (Å²) in [5.41, 5.74) is 0.285. The lowest BCUT2D eigenvalue weighted by atomic mass is 10.0. The Morgan fingerprint density at radius 1 is 1.38 bits per heavy atom. The Morgan fingerprint density at radius 2 is 2.04 bits per heavy atom. The third-order valence-corrected chi connectivity index (χ3v) is 4.44. The van der Waals surface area contributed by atoms with Gasteiger partial charge in [-0.25, -0.2) is 4.98 Å². The van der Waals surface area contributed by atoms with Crippen molar-refractivity contribution in [2.45, 2.75) is 18.9 Å². The molecule has 142 valence electrons. The number of rotatable bonds is 7. The average Bonchev–Trinajstić information content (AvgIpc) is 2.59. The smallest absolute Gasteiger partial charge is 0.317 e. The first kappa shape index (κ1) is 19.6. The third kappa shape index (κ3) is 5.16. The average molecular weight is 363 g/mol. The number of piperidine rings is 1. The maximum absolute atomic E-state index is 11.2. The van der Waals surface area contributed by atoms with E-state index in [1.54, 1.807) is 23.2 Å². The molecule has 0 spiro atoms. The molecule has 1 fully saturated rings. The number of likely N-dealkylation sites (tertiary alicyclic amines) is 1. The zero-order chi connectivity index (χ0) is 19.3. The molecule has 0 atom stereocenters. The Bertz CT molecular complexity index is 684. The highest BCUT2D eigenvalue weighted by atomic mass is 16.6. The molecule has 1 saturated heterocycles. The number of pyridine rings is 1. The number of nitro groups is 1. The van der Waals surface area contributed by atoms with Crippen molar-refractivity contribution in [2.24, 2.45) is 0 Å². The van der Waals surface area contributed by atoms with Crippen LogP contribution in [0.3, 0.4) is 0 Å². The first-order valence-corrected chi connectivity index (χ1v) is 8.45. The van der Waals surface area contributed by atoms with Crippen LogP contribution in [0.2, 0.25) is 0 Å². The standard InChI is InChI=1S/C17H25N5O4/c1-19(2)9-8-14-15(22(25)26)4-5-16(18-14)20(3)13-6-10-21(11-7-13)12-17(23)24/h4-5,8-9,13H,6-7,10-12H2,1-3H3,(H,23,24). The first-order valence-electron chi connectivity index (χ1n) is 8.45. The minimum atomic E-state index is -0.814. The summed E-state index contributed by atoms with van der Waals surface area (Å²) >= 11 is 0. The summed E-state index contributed by atoms with van der Waals surface area (Å²) in [5, 5.41) is 20.1. The van der Waals surface area contributed by atoms with E-state index < -0.39 is 10.9 Å².